The number of fused-ring (bicyclic) bond motifs is 1. The van der Waals surface area contributed by atoms with Gasteiger partial charge in [-0.05, 0) is 31.3 Å². The summed E-state index contributed by atoms with van der Waals surface area (Å²) in [6.07, 6.45) is 0. The van der Waals surface area contributed by atoms with Crippen molar-refractivity contribution >= 4 is 23.3 Å². The predicted octanol–water partition coefficient (Wildman–Crippen LogP) is 2.08. The summed E-state index contributed by atoms with van der Waals surface area (Å²) in [6, 6.07) is 9.30. The molecule has 5 nitrogen and oxygen atoms in total. The van der Waals surface area contributed by atoms with E-state index in [0.29, 0.717) is 15.8 Å². The van der Waals surface area contributed by atoms with E-state index in [-0.39, 0.29) is 5.56 Å². The first-order valence-electron chi connectivity index (χ1n) is 5.44. The summed E-state index contributed by atoms with van der Waals surface area (Å²) in [5.74, 6) is 0. The third kappa shape index (κ3) is 1.50. The Balaban J connectivity index is 2.47. The lowest BCUT2D eigenvalue weighted by atomic mass is 10.3. The standard InChI is InChI=1S/C12H10N4OS/c1-7-9-10(15-14-7)13-12(18)16(11(9)17)8-5-3-2-4-6-8/h2-6H,1H3,(H2,13,14,15,18). The van der Waals surface area contributed by atoms with Crippen LogP contribution in [0.2, 0.25) is 0 Å². The van der Waals surface area contributed by atoms with E-state index in [4.69, 9.17) is 12.2 Å². The van der Waals surface area contributed by atoms with Crippen molar-refractivity contribution < 1.29 is 0 Å². The Morgan fingerprint density at radius 3 is 2.72 bits per heavy atom. The van der Waals surface area contributed by atoms with Crippen LogP contribution in [0.1, 0.15) is 5.69 Å². The van der Waals surface area contributed by atoms with Gasteiger partial charge >= 0.3 is 0 Å². The molecule has 0 aliphatic carbocycles. The molecule has 2 heterocycles. The summed E-state index contributed by atoms with van der Waals surface area (Å²) in [7, 11) is 0. The van der Waals surface area contributed by atoms with E-state index in [1.54, 1.807) is 0 Å². The lowest BCUT2D eigenvalue weighted by Gasteiger charge is -2.05. The van der Waals surface area contributed by atoms with Crippen molar-refractivity contribution in [2.24, 2.45) is 0 Å². The van der Waals surface area contributed by atoms with Gasteiger partial charge in [-0.3, -0.25) is 14.5 Å². The number of nitrogens with one attached hydrogen (secondary N) is 2. The number of para-hydroxylation sites is 1. The van der Waals surface area contributed by atoms with E-state index in [9.17, 15) is 4.79 Å². The van der Waals surface area contributed by atoms with Crippen molar-refractivity contribution in [2.75, 3.05) is 0 Å². The molecular weight excluding hydrogens is 248 g/mol. The van der Waals surface area contributed by atoms with Gasteiger partial charge in [0.05, 0.1) is 5.69 Å². The number of hydrogen-bond acceptors (Lipinski definition) is 3. The summed E-state index contributed by atoms with van der Waals surface area (Å²) < 4.78 is 1.81. The lowest BCUT2D eigenvalue weighted by molar-refractivity contribution is 0.935. The van der Waals surface area contributed by atoms with Crippen molar-refractivity contribution in [2.45, 2.75) is 6.92 Å². The molecule has 0 aliphatic rings. The highest BCUT2D eigenvalue weighted by atomic mass is 32.1. The van der Waals surface area contributed by atoms with Crippen LogP contribution in [-0.2, 0) is 0 Å². The highest BCUT2D eigenvalue weighted by molar-refractivity contribution is 7.71. The molecule has 0 fully saturated rings. The number of nitrogens with zero attached hydrogens (tertiary/aromatic N) is 2. The lowest BCUT2D eigenvalue weighted by Crippen LogP contribution is -2.20. The zero-order valence-corrected chi connectivity index (χ0v) is 10.4. The molecule has 0 aliphatic heterocycles. The molecular formula is C12H10N4OS. The second-order valence-electron chi connectivity index (χ2n) is 3.98. The first-order valence-corrected chi connectivity index (χ1v) is 5.85. The first-order chi connectivity index (χ1) is 8.68. The average molecular weight is 258 g/mol. The minimum atomic E-state index is -0.161. The SMILES string of the molecule is Cc1[nH]nc2[nH]c(=S)n(-c3ccccc3)c(=O)c12. The number of hydrogen-bond donors (Lipinski definition) is 2. The topological polar surface area (TPSA) is 66.5 Å². The number of aryl methyl sites for hydroxylation is 1. The predicted molar refractivity (Wildman–Crippen MR) is 71.6 cm³/mol. The minimum Gasteiger partial charge on any atom is -0.314 e. The van der Waals surface area contributed by atoms with Gasteiger partial charge in [0.1, 0.15) is 5.39 Å². The summed E-state index contributed by atoms with van der Waals surface area (Å²) in [4.78, 5) is 15.4. The molecule has 1 aromatic carbocycles. The minimum absolute atomic E-state index is 0.161. The van der Waals surface area contributed by atoms with Crippen LogP contribution in [0.25, 0.3) is 16.7 Å². The monoisotopic (exact) mass is 258 g/mol. The molecule has 0 bridgehead atoms. The Kier molecular flexibility index (Phi) is 2.38. The molecule has 2 N–H and O–H groups in total. The highest BCUT2D eigenvalue weighted by Gasteiger charge is 2.11. The number of aromatic amines is 2. The Labute approximate surface area is 107 Å². The second-order valence-corrected chi connectivity index (χ2v) is 4.37. The van der Waals surface area contributed by atoms with Crippen molar-refractivity contribution in [1.82, 2.24) is 19.7 Å². The molecule has 0 spiro atoms. The van der Waals surface area contributed by atoms with Crippen LogP contribution in [-0.4, -0.2) is 19.7 Å². The molecule has 90 valence electrons. The maximum absolute atomic E-state index is 12.4. The van der Waals surface area contributed by atoms with Crippen LogP contribution < -0.4 is 5.56 Å². The maximum Gasteiger partial charge on any atom is 0.270 e. The van der Waals surface area contributed by atoms with Gasteiger partial charge in [0, 0.05) is 5.69 Å². The zero-order chi connectivity index (χ0) is 12.7. The molecule has 3 rings (SSSR count). The summed E-state index contributed by atoms with van der Waals surface area (Å²) in [5.41, 5.74) is 1.80. The Morgan fingerprint density at radius 2 is 2.00 bits per heavy atom. The van der Waals surface area contributed by atoms with Gasteiger partial charge in [-0.25, -0.2) is 0 Å². The van der Waals surface area contributed by atoms with Crippen LogP contribution in [0.5, 0.6) is 0 Å². The van der Waals surface area contributed by atoms with Gasteiger partial charge in [0.25, 0.3) is 5.56 Å². The Bertz CT molecular complexity index is 829. The van der Waals surface area contributed by atoms with E-state index >= 15 is 0 Å². The number of rotatable bonds is 1. The average Bonchev–Trinajstić information content (AvgIpc) is 2.72. The van der Waals surface area contributed by atoms with Crippen molar-refractivity contribution in [1.29, 1.82) is 0 Å². The summed E-state index contributed by atoms with van der Waals surface area (Å²) >= 11 is 5.21. The molecule has 6 heteroatoms. The van der Waals surface area contributed by atoms with Crippen molar-refractivity contribution in [3.05, 3.63) is 51.2 Å². The quantitative estimate of drug-likeness (QED) is 0.657. The number of H-pyrrole nitrogens is 2. The normalized spacial score (nSPS) is 10.9. The van der Waals surface area contributed by atoms with Crippen LogP contribution in [0.4, 0.5) is 0 Å². The fraction of sp³-hybridized carbons (Fsp3) is 0.0833. The van der Waals surface area contributed by atoms with E-state index < -0.39 is 0 Å². The molecule has 3 aromatic rings. The number of benzene rings is 1. The van der Waals surface area contributed by atoms with E-state index in [1.165, 1.54) is 4.57 Å². The van der Waals surface area contributed by atoms with Crippen molar-refractivity contribution in [3.8, 4) is 5.69 Å². The van der Waals surface area contributed by atoms with E-state index in [0.717, 1.165) is 11.4 Å². The highest BCUT2D eigenvalue weighted by Crippen LogP contribution is 2.11. The van der Waals surface area contributed by atoms with Crippen molar-refractivity contribution in [3.63, 3.8) is 0 Å². The Morgan fingerprint density at radius 1 is 1.28 bits per heavy atom. The third-order valence-corrected chi connectivity index (χ3v) is 3.09. The van der Waals surface area contributed by atoms with E-state index in [1.807, 2.05) is 37.3 Å². The number of aromatic nitrogens is 4. The smallest absolute Gasteiger partial charge is 0.270 e. The van der Waals surface area contributed by atoms with Crippen LogP contribution in [0.15, 0.2) is 35.1 Å². The van der Waals surface area contributed by atoms with Gasteiger partial charge in [0.15, 0.2) is 10.4 Å². The molecule has 0 radical (unpaired) electrons. The molecule has 0 saturated carbocycles. The second kappa shape index (κ2) is 3.92. The van der Waals surface area contributed by atoms with Crippen LogP contribution in [0, 0.1) is 11.7 Å². The van der Waals surface area contributed by atoms with Gasteiger partial charge < -0.3 is 4.98 Å². The van der Waals surface area contributed by atoms with Gasteiger partial charge in [-0.1, -0.05) is 18.2 Å². The molecule has 0 saturated heterocycles. The maximum atomic E-state index is 12.4. The Hall–Kier alpha value is -2.21. The van der Waals surface area contributed by atoms with Gasteiger partial charge in [0.2, 0.25) is 0 Å². The molecule has 2 aromatic heterocycles. The molecule has 0 amide bonds. The zero-order valence-electron chi connectivity index (χ0n) is 9.60. The summed E-state index contributed by atoms with van der Waals surface area (Å²) in [5, 5.41) is 7.33. The first kappa shape index (κ1) is 10.9. The van der Waals surface area contributed by atoms with Gasteiger partial charge in [-0.2, -0.15) is 5.10 Å². The molecule has 0 unspecified atom stereocenters. The van der Waals surface area contributed by atoms with Gasteiger partial charge in [-0.15, -0.1) is 0 Å². The van der Waals surface area contributed by atoms with E-state index in [2.05, 4.69) is 15.2 Å². The third-order valence-electron chi connectivity index (χ3n) is 2.81. The van der Waals surface area contributed by atoms with Crippen LogP contribution in [0.3, 0.4) is 0 Å². The largest absolute Gasteiger partial charge is 0.314 e. The summed E-state index contributed by atoms with van der Waals surface area (Å²) in [6.45, 7) is 1.81. The molecule has 18 heavy (non-hydrogen) atoms. The van der Waals surface area contributed by atoms with Crippen LogP contribution >= 0.6 is 12.2 Å². The fourth-order valence-corrected chi connectivity index (χ4v) is 2.24. The molecule has 0 atom stereocenters. The fourth-order valence-electron chi connectivity index (χ4n) is 1.95.